The van der Waals surface area contributed by atoms with Crippen molar-refractivity contribution in [2.24, 2.45) is 5.92 Å². The van der Waals surface area contributed by atoms with Crippen LogP contribution in [0.2, 0.25) is 0 Å². The van der Waals surface area contributed by atoms with Crippen molar-refractivity contribution in [3.8, 4) is 0 Å². The van der Waals surface area contributed by atoms with Crippen LogP contribution in [0.5, 0.6) is 0 Å². The molecule has 1 aliphatic heterocycles. The van der Waals surface area contributed by atoms with E-state index >= 15 is 0 Å². The molecule has 0 spiro atoms. The fourth-order valence-electron chi connectivity index (χ4n) is 2.91. The maximum Gasteiger partial charge on any atom is 0.0576 e. The molecule has 3 heteroatoms. The maximum absolute atomic E-state index is 9.06. The Labute approximate surface area is 104 Å². The van der Waals surface area contributed by atoms with Crippen molar-refractivity contribution in [3.05, 3.63) is 0 Å². The summed E-state index contributed by atoms with van der Waals surface area (Å²) in [6.45, 7) is 2.19. The Balaban J connectivity index is 1.48. The second-order valence-corrected chi connectivity index (χ2v) is 5.47. The average Bonchev–Trinajstić information content (AvgIpc) is 2.88. The molecule has 3 nitrogen and oxygen atoms in total. The van der Waals surface area contributed by atoms with E-state index in [1.165, 1.54) is 12.8 Å². The lowest BCUT2D eigenvalue weighted by atomic mass is 9.88. The molecule has 1 N–H and O–H groups in total. The van der Waals surface area contributed by atoms with Crippen molar-refractivity contribution in [2.45, 2.75) is 63.6 Å². The van der Waals surface area contributed by atoms with E-state index in [1.54, 1.807) is 0 Å². The number of aliphatic hydroxyl groups is 1. The lowest BCUT2D eigenvalue weighted by Gasteiger charge is -2.27. The summed E-state index contributed by atoms with van der Waals surface area (Å²) in [6, 6.07) is 0. The van der Waals surface area contributed by atoms with Crippen molar-refractivity contribution >= 4 is 0 Å². The molecule has 0 amide bonds. The molecule has 17 heavy (non-hydrogen) atoms. The normalized spacial score (nSPS) is 34.1. The van der Waals surface area contributed by atoms with E-state index in [-0.39, 0.29) is 0 Å². The predicted octanol–water partition coefficient (Wildman–Crippen LogP) is 2.51. The number of rotatable bonds is 6. The van der Waals surface area contributed by atoms with Gasteiger partial charge in [-0.3, -0.25) is 0 Å². The van der Waals surface area contributed by atoms with Gasteiger partial charge < -0.3 is 14.6 Å². The van der Waals surface area contributed by atoms with Crippen molar-refractivity contribution in [2.75, 3.05) is 19.8 Å². The highest BCUT2D eigenvalue weighted by Gasteiger charge is 2.21. The smallest absolute Gasteiger partial charge is 0.0576 e. The molecule has 1 aliphatic carbocycles. The van der Waals surface area contributed by atoms with Crippen LogP contribution in [-0.2, 0) is 9.47 Å². The van der Waals surface area contributed by atoms with Gasteiger partial charge in [0.1, 0.15) is 0 Å². The summed E-state index contributed by atoms with van der Waals surface area (Å²) in [7, 11) is 0. The number of aliphatic hydroxyl groups excluding tert-OH is 1. The summed E-state index contributed by atoms with van der Waals surface area (Å²) in [4.78, 5) is 0. The molecule has 2 rings (SSSR count). The molecule has 0 radical (unpaired) electrons. The molecule has 1 saturated carbocycles. The molecule has 1 heterocycles. The molecule has 0 aromatic rings. The van der Waals surface area contributed by atoms with Crippen LogP contribution in [0.4, 0.5) is 0 Å². The Bertz CT molecular complexity index is 194. The number of ether oxygens (including phenoxy) is 2. The highest BCUT2D eigenvalue weighted by molar-refractivity contribution is 4.72. The summed E-state index contributed by atoms with van der Waals surface area (Å²) in [5.74, 6) is 0.529. The molecule has 100 valence electrons. The van der Waals surface area contributed by atoms with Gasteiger partial charge in [0.15, 0.2) is 0 Å². The Hall–Kier alpha value is -0.120. The molecule has 0 aromatic carbocycles. The zero-order valence-electron chi connectivity index (χ0n) is 10.8. The maximum atomic E-state index is 9.06. The zero-order valence-corrected chi connectivity index (χ0v) is 10.8. The first-order chi connectivity index (χ1) is 8.38. The summed E-state index contributed by atoms with van der Waals surface area (Å²) < 4.78 is 11.5. The Morgan fingerprint density at radius 3 is 2.59 bits per heavy atom. The van der Waals surface area contributed by atoms with Gasteiger partial charge in [0.25, 0.3) is 0 Å². The van der Waals surface area contributed by atoms with Crippen molar-refractivity contribution in [3.63, 3.8) is 0 Å². The molecule has 0 bridgehead atoms. The molecule has 2 aliphatic rings. The topological polar surface area (TPSA) is 38.7 Å². The van der Waals surface area contributed by atoms with E-state index in [1.807, 2.05) is 0 Å². The van der Waals surface area contributed by atoms with Gasteiger partial charge in [-0.15, -0.1) is 0 Å². The van der Waals surface area contributed by atoms with Gasteiger partial charge in [0, 0.05) is 19.8 Å². The predicted molar refractivity (Wildman–Crippen MR) is 67.0 cm³/mol. The van der Waals surface area contributed by atoms with Crippen LogP contribution in [-0.4, -0.2) is 37.1 Å². The van der Waals surface area contributed by atoms with Gasteiger partial charge in [-0.05, 0) is 57.3 Å². The molecule has 1 saturated heterocycles. The second-order valence-electron chi connectivity index (χ2n) is 5.47. The van der Waals surface area contributed by atoms with E-state index in [0.717, 1.165) is 51.7 Å². The molecule has 2 fully saturated rings. The molecule has 1 atom stereocenters. The first kappa shape index (κ1) is 13.3. The van der Waals surface area contributed by atoms with Crippen molar-refractivity contribution < 1.29 is 14.6 Å². The molecule has 0 aromatic heterocycles. The Kier molecular flexibility index (Phi) is 5.75. The third-order valence-corrected chi connectivity index (χ3v) is 4.10. The van der Waals surface area contributed by atoms with Gasteiger partial charge in [-0.1, -0.05) is 0 Å². The molecular weight excluding hydrogens is 216 g/mol. The highest BCUT2D eigenvalue weighted by atomic mass is 16.5. The zero-order chi connectivity index (χ0) is 11.9. The molecule has 1 unspecified atom stereocenters. The van der Waals surface area contributed by atoms with Gasteiger partial charge >= 0.3 is 0 Å². The Morgan fingerprint density at radius 2 is 1.94 bits per heavy atom. The van der Waals surface area contributed by atoms with Gasteiger partial charge in [-0.2, -0.15) is 0 Å². The number of hydrogen-bond acceptors (Lipinski definition) is 3. The lowest BCUT2D eigenvalue weighted by Crippen LogP contribution is -2.23. The van der Waals surface area contributed by atoms with Gasteiger partial charge in [0.2, 0.25) is 0 Å². The van der Waals surface area contributed by atoms with E-state index in [2.05, 4.69) is 0 Å². The van der Waals surface area contributed by atoms with E-state index in [9.17, 15) is 0 Å². The van der Waals surface area contributed by atoms with Crippen LogP contribution in [0.25, 0.3) is 0 Å². The van der Waals surface area contributed by atoms with Crippen LogP contribution in [0.3, 0.4) is 0 Å². The van der Waals surface area contributed by atoms with Crippen molar-refractivity contribution in [1.82, 2.24) is 0 Å². The Morgan fingerprint density at radius 1 is 1.12 bits per heavy atom. The van der Waals surface area contributed by atoms with E-state index in [0.29, 0.717) is 24.7 Å². The lowest BCUT2D eigenvalue weighted by molar-refractivity contribution is 0.00439. The summed E-state index contributed by atoms with van der Waals surface area (Å²) in [5, 5.41) is 9.06. The minimum atomic E-state index is 0.353. The third-order valence-electron chi connectivity index (χ3n) is 4.10. The fraction of sp³-hybridized carbons (Fsp3) is 1.00. The number of hydrogen-bond donors (Lipinski definition) is 1. The monoisotopic (exact) mass is 242 g/mol. The quantitative estimate of drug-likeness (QED) is 0.727. The van der Waals surface area contributed by atoms with E-state index in [4.69, 9.17) is 14.6 Å². The first-order valence-corrected chi connectivity index (χ1v) is 7.22. The van der Waals surface area contributed by atoms with Crippen LogP contribution in [0, 0.1) is 5.92 Å². The largest absolute Gasteiger partial charge is 0.396 e. The highest BCUT2D eigenvalue weighted by Crippen LogP contribution is 2.26. The van der Waals surface area contributed by atoms with Crippen LogP contribution < -0.4 is 0 Å². The third kappa shape index (κ3) is 4.57. The molecular formula is C14H26O3. The fourth-order valence-corrected chi connectivity index (χ4v) is 2.91. The SMILES string of the molecule is OCC1CCC(OCCCC2CCCO2)CC1. The van der Waals surface area contributed by atoms with E-state index < -0.39 is 0 Å². The standard InChI is InChI=1S/C14H26O3/c15-11-12-5-7-14(8-6-12)17-10-2-4-13-3-1-9-16-13/h12-15H,1-11H2. The van der Waals surface area contributed by atoms with Crippen LogP contribution >= 0.6 is 0 Å². The second kappa shape index (κ2) is 7.34. The summed E-state index contributed by atoms with van der Waals surface area (Å²) >= 11 is 0. The van der Waals surface area contributed by atoms with Crippen molar-refractivity contribution in [1.29, 1.82) is 0 Å². The first-order valence-electron chi connectivity index (χ1n) is 7.22. The summed E-state index contributed by atoms with van der Waals surface area (Å²) in [6.07, 6.45) is 10.2. The minimum Gasteiger partial charge on any atom is -0.396 e. The van der Waals surface area contributed by atoms with Crippen LogP contribution in [0.1, 0.15) is 51.4 Å². The minimum absolute atomic E-state index is 0.353. The summed E-state index contributed by atoms with van der Waals surface area (Å²) in [5.41, 5.74) is 0. The van der Waals surface area contributed by atoms with Gasteiger partial charge in [0.05, 0.1) is 12.2 Å². The van der Waals surface area contributed by atoms with Crippen LogP contribution in [0.15, 0.2) is 0 Å². The van der Waals surface area contributed by atoms with Gasteiger partial charge in [-0.25, -0.2) is 0 Å². The average molecular weight is 242 g/mol.